The van der Waals surface area contributed by atoms with Crippen LogP contribution in [-0.4, -0.2) is 43.2 Å². The molecule has 0 bridgehead atoms. The third-order valence-electron chi connectivity index (χ3n) is 4.10. The van der Waals surface area contributed by atoms with Gasteiger partial charge in [-0.1, -0.05) is 6.07 Å². The lowest BCUT2D eigenvalue weighted by Gasteiger charge is -2.27. The Labute approximate surface area is 124 Å². The van der Waals surface area contributed by atoms with Gasteiger partial charge >= 0.3 is 0 Å². The molecule has 2 saturated heterocycles. The molecule has 2 aliphatic rings. The van der Waals surface area contributed by atoms with Crippen LogP contribution in [0.4, 0.5) is 0 Å². The first-order valence-electron chi connectivity index (χ1n) is 7.46. The number of nitrogens with zero attached hydrogens (tertiary/aromatic N) is 1. The van der Waals surface area contributed by atoms with E-state index in [4.69, 9.17) is 4.74 Å². The zero-order chi connectivity index (χ0) is 13.8. The SMILES string of the molecule is O=C(C1CCNC1)N(Cc1cccs1)CC1CCCO1. The average molecular weight is 294 g/mol. The smallest absolute Gasteiger partial charge is 0.227 e. The number of amides is 1. The second kappa shape index (κ2) is 6.70. The van der Waals surface area contributed by atoms with Gasteiger partial charge in [-0.15, -0.1) is 11.3 Å². The van der Waals surface area contributed by atoms with E-state index in [0.717, 1.165) is 52.0 Å². The number of hydrogen-bond donors (Lipinski definition) is 1. The highest BCUT2D eigenvalue weighted by Crippen LogP contribution is 2.20. The van der Waals surface area contributed by atoms with E-state index in [1.165, 1.54) is 4.88 Å². The molecule has 1 aromatic heterocycles. The fraction of sp³-hybridized carbons (Fsp3) is 0.667. The van der Waals surface area contributed by atoms with Gasteiger partial charge in [0.2, 0.25) is 5.91 Å². The summed E-state index contributed by atoms with van der Waals surface area (Å²) in [6, 6.07) is 4.15. The Morgan fingerprint density at radius 2 is 2.45 bits per heavy atom. The van der Waals surface area contributed by atoms with Crippen molar-refractivity contribution in [3.05, 3.63) is 22.4 Å². The van der Waals surface area contributed by atoms with Gasteiger partial charge < -0.3 is 15.0 Å². The van der Waals surface area contributed by atoms with Crippen molar-refractivity contribution in [2.24, 2.45) is 5.92 Å². The van der Waals surface area contributed by atoms with E-state index < -0.39 is 0 Å². The maximum absolute atomic E-state index is 12.7. The highest BCUT2D eigenvalue weighted by atomic mass is 32.1. The van der Waals surface area contributed by atoms with Crippen LogP contribution >= 0.6 is 11.3 Å². The van der Waals surface area contributed by atoms with Crippen LogP contribution < -0.4 is 5.32 Å². The molecule has 5 heteroatoms. The summed E-state index contributed by atoms with van der Waals surface area (Å²) in [5.41, 5.74) is 0. The number of carbonyl (C=O) groups is 1. The third kappa shape index (κ3) is 3.40. The van der Waals surface area contributed by atoms with Crippen LogP contribution in [0.5, 0.6) is 0 Å². The Morgan fingerprint density at radius 1 is 1.50 bits per heavy atom. The van der Waals surface area contributed by atoms with Crippen molar-refractivity contribution in [2.75, 3.05) is 26.2 Å². The molecule has 2 unspecified atom stereocenters. The van der Waals surface area contributed by atoms with Gasteiger partial charge in [0.15, 0.2) is 0 Å². The van der Waals surface area contributed by atoms with Gasteiger partial charge in [-0.2, -0.15) is 0 Å². The summed E-state index contributed by atoms with van der Waals surface area (Å²) in [5.74, 6) is 0.440. The summed E-state index contributed by atoms with van der Waals surface area (Å²) < 4.78 is 5.71. The van der Waals surface area contributed by atoms with Gasteiger partial charge in [0.1, 0.15) is 0 Å². The molecule has 1 N–H and O–H groups in total. The molecular weight excluding hydrogens is 272 g/mol. The van der Waals surface area contributed by atoms with Gasteiger partial charge in [0, 0.05) is 24.6 Å². The van der Waals surface area contributed by atoms with Gasteiger partial charge in [-0.05, 0) is 37.3 Å². The third-order valence-corrected chi connectivity index (χ3v) is 4.96. The Hall–Kier alpha value is -0.910. The van der Waals surface area contributed by atoms with E-state index in [2.05, 4.69) is 16.8 Å². The highest BCUT2D eigenvalue weighted by molar-refractivity contribution is 7.09. The fourth-order valence-corrected chi connectivity index (χ4v) is 3.70. The number of nitrogens with one attached hydrogen (secondary N) is 1. The average Bonchev–Trinajstić information content (AvgIpc) is 3.20. The van der Waals surface area contributed by atoms with E-state index in [0.29, 0.717) is 5.91 Å². The van der Waals surface area contributed by atoms with E-state index in [-0.39, 0.29) is 12.0 Å². The van der Waals surface area contributed by atoms with Crippen molar-refractivity contribution in [2.45, 2.75) is 31.9 Å². The fourth-order valence-electron chi connectivity index (χ4n) is 2.98. The van der Waals surface area contributed by atoms with Crippen LogP contribution in [0.2, 0.25) is 0 Å². The zero-order valence-corrected chi connectivity index (χ0v) is 12.5. The molecule has 2 atom stereocenters. The predicted octanol–water partition coefficient (Wildman–Crippen LogP) is 1.87. The van der Waals surface area contributed by atoms with E-state index in [1.54, 1.807) is 11.3 Å². The summed E-state index contributed by atoms with van der Waals surface area (Å²) in [6.07, 6.45) is 3.40. The second-order valence-corrected chi connectivity index (χ2v) is 6.66. The minimum absolute atomic E-state index is 0.149. The molecule has 4 nitrogen and oxygen atoms in total. The molecule has 0 saturated carbocycles. The number of ether oxygens (including phenoxy) is 1. The quantitative estimate of drug-likeness (QED) is 0.901. The molecule has 0 aromatic carbocycles. The molecule has 0 radical (unpaired) electrons. The molecule has 20 heavy (non-hydrogen) atoms. The number of hydrogen-bond acceptors (Lipinski definition) is 4. The molecule has 1 amide bonds. The molecule has 3 rings (SSSR count). The largest absolute Gasteiger partial charge is 0.376 e. The normalized spacial score (nSPS) is 26.0. The molecule has 0 spiro atoms. The Bertz CT molecular complexity index is 423. The summed E-state index contributed by atoms with van der Waals surface area (Å²) >= 11 is 1.72. The summed E-state index contributed by atoms with van der Waals surface area (Å²) in [4.78, 5) is 16.0. The van der Waals surface area contributed by atoms with Crippen molar-refractivity contribution in [3.63, 3.8) is 0 Å². The topological polar surface area (TPSA) is 41.6 Å². The lowest BCUT2D eigenvalue weighted by Crippen LogP contribution is -2.40. The molecule has 2 fully saturated rings. The zero-order valence-electron chi connectivity index (χ0n) is 11.7. The van der Waals surface area contributed by atoms with Crippen molar-refractivity contribution < 1.29 is 9.53 Å². The van der Waals surface area contributed by atoms with Crippen LogP contribution in [-0.2, 0) is 16.1 Å². The van der Waals surface area contributed by atoms with Gasteiger partial charge in [0.05, 0.1) is 18.6 Å². The molecule has 3 heterocycles. The second-order valence-electron chi connectivity index (χ2n) is 5.62. The van der Waals surface area contributed by atoms with Crippen LogP contribution in [0.1, 0.15) is 24.1 Å². The first kappa shape index (κ1) is 14.0. The van der Waals surface area contributed by atoms with Crippen molar-refractivity contribution in [3.8, 4) is 0 Å². The maximum Gasteiger partial charge on any atom is 0.227 e. The standard InChI is InChI=1S/C15H22N2O2S/c18-15(12-5-6-16-9-12)17(10-13-3-1-7-19-13)11-14-4-2-8-20-14/h2,4,8,12-13,16H,1,3,5-7,9-11H2. The number of carbonyl (C=O) groups excluding carboxylic acids is 1. The molecule has 0 aliphatic carbocycles. The maximum atomic E-state index is 12.7. The highest BCUT2D eigenvalue weighted by Gasteiger charge is 2.29. The first-order chi connectivity index (χ1) is 9.83. The van der Waals surface area contributed by atoms with E-state index >= 15 is 0 Å². The summed E-state index contributed by atoms with van der Waals surface area (Å²) in [5, 5.41) is 5.36. The van der Waals surface area contributed by atoms with Gasteiger partial charge in [-0.25, -0.2) is 0 Å². The molecule has 2 aliphatic heterocycles. The summed E-state index contributed by atoms with van der Waals surface area (Å²) in [6.45, 7) is 4.10. The van der Waals surface area contributed by atoms with Gasteiger partial charge in [0.25, 0.3) is 0 Å². The Kier molecular flexibility index (Phi) is 4.70. The minimum atomic E-state index is 0.149. The van der Waals surface area contributed by atoms with Crippen molar-refractivity contribution >= 4 is 17.2 Å². The summed E-state index contributed by atoms with van der Waals surface area (Å²) in [7, 11) is 0. The Balaban J connectivity index is 1.66. The number of rotatable bonds is 5. The molecule has 110 valence electrons. The lowest BCUT2D eigenvalue weighted by molar-refractivity contribution is -0.137. The first-order valence-corrected chi connectivity index (χ1v) is 8.34. The van der Waals surface area contributed by atoms with Crippen LogP contribution in [0, 0.1) is 5.92 Å². The van der Waals surface area contributed by atoms with Crippen LogP contribution in [0.15, 0.2) is 17.5 Å². The van der Waals surface area contributed by atoms with E-state index in [1.807, 2.05) is 11.0 Å². The van der Waals surface area contributed by atoms with Crippen molar-refractivity contribution in [1.29, 1.82) is 0 Å². The van der Waals surface area contributed by atoms with Crippen LogP contribution in [0.25, 0.3) is 0 Å². The molecular formula is C15H22N2O2S. The van der Waals surface area contributed by atoms with E-state index in [9.17, 15) is 4.79 Å². The Morgan fingerprint density at radius 3 is 3.10 bits per heavy atom. The predicted molar refractivity (Wildman–Crippen MR) is 79.7 cm³/mol. The monoisotopic (exact) mass is 294 g/mol. The number of thiophene rings is 1. The van der Waals surface area contributed by atoms with Crippen LogP contribution in [0.3, 0.4) is 0 Å². The minimum Gasteiger partial charge on any atom is -0.376 e. The van der Waals surface area contributed by atoms with Crippen molar-refractivity contribution in [1.82, 2.24) is 10.2 Å². The van der Waals surface area contributed by atoms with Gasteiger partial charge in [-0.3, -0.25) is 4.79 Å². The molecule has 1 aromatic rings. The lowest BCUT2D eigenvalue weighted by atomic mass is 10.1.